The Morgan fingerprint density at radius 1 is 1.13 bits per heavy atom. The fourth-order valence-corrected chi connectivity index (χ4v) is 3.32. The summed E-state index contributed by atoms with van der Waals surface area (Å²) in [5.74, 6) is 0.0259. The zero-order chi connectivity index (χ0) is 16.1. The van der Waals surface area contributed by atoms with E-state index in [0.717, 1.165) is 18.5 Å². The molecule has 1 saturated heterocycles. The summed E-state index contributed by atoms with van der Waals surface area (Å²) in [5, 5.41) is 3.71. The first-order valence-electron chi connectivity index (χ1n) is 8.06. The van der Waals surface area contributed by atoms with Crippen LogP contribution in [0.15, 0.2) is 54.6 Å². The molecule has 2 aromatic rings. The number of anilines is 1. The largest absolute Gasteiger partial charge is 0.367 e. The smallest absolute Gasteiger partial charge is 0.224 e. The van der Waals surface area contributed by atoms with Gasteiger partial charge in [0.25, 0.3) is 0 Å². The molecule has 0 radical (unpaired) electrons. The second-order valence-corrected chi connectivity index (χ2v) is 6.30. The summed E-state index contributed by atoms with van der Waals surface area (Å²) < 4.78 is 0. The first-order chi connectivity index (χ1) is 11.2. The van der Waals surface area contributed by atoms with Crippen molar-refractivity contribution in [1.29, 1.82) is 0 Å². The molecule has 23 heavy (non-hydrogen) atoms. The number of nitrogens with zero attached hydrogens (tertiary/aromatic N) is 1. The van der Waals surface area contributed by atoms with Crippen molar-refractivity contribution in [2.24, 2.45) is 0 Å². The van der Waals surface area contributed by atoms with Crippen LogP contribution in [0.4, 0.5) is 5.69 Å². The highest BCUT2D eigenvalue weighted by molar-refractivity contribution is 6.31. The molecule has 1 aliphatic rings. The first kappa shape index (κ1) is 15.9. The Bertz CT molecular complexity index is 659. The number of para-hydroxylation sites is 1. The van der Waals surface area contributed by atoms with Gasteiger partial charge in [0.1, 0.15) is 0 Å². The minimum atomic E-state index is 0.0259. The van der Waals surface area contributed by atoms with Gasteiger partial charge in [0.05, 0.1) is 6.42 Å². The second kappa shape index (κ2) is 7.51. The van der Waals surface area contributed by atoms with Gasteiger partial charge in [-0.05, 0) is 36.6 Å². The molecule has 3 nitrogen and oxygen atoms in total. The Morgan fingerprint density at radius 2 is 1.87 bits per heavy atom. The van der Waals surface area contributed by atoms with Crippen molar-refractivity contribution in [2.45, 2.75) is 25.3 Å². The van der Waals surface area contributed by atoms with Crippen molar-refractivity contribution >= 4 is 23.2 Å². The van der Waals surface area contributed by atoms with Crippen LogP contribution in [0.5, 0.6) is 0 Å². The number of nitrogens with one attached hydrogen (secondary N) is 1. The van der Waals surface area contributed by atoms with Crippen LogP contribution in [-0.2, 0) is 11.2 Å². The van der Waals surface area contributed by atoms with Gasteiger partial charge in [0, 0.05) is 29.8 Å². The third-order valence-electron chi connectivity index (χ3n) is 4.31. The minimum absolute atomic E-state index is 0.0259. The number of hydrogen-bond acceptors (Lipinski definition) is 2. The zero-order valence-corrected chi connectivity index (χ0v) is 13.8. The Morgan fingerprint density at radius 3 is 2.65 bits per heavy atom. The number of amides is 1. The molecular formula is C19H21ClN2O. The number of halogens is 1. The summed E-state index contributed by atoms with van der Waals surface area (Å²) >= 11 is 6.11. The van der Waals surface area contributed by atoms with Gasteiger partial charge in [0.15, 0.2) is 0 Å². The molecule has 1 N–H and O–H groups in total. The third kappa shape index (κ3) is 4.05. The Labute approximate surface area is 142 Å². The van der Waals surface area contributed by atoms with Gasteiger partial charge >= 0.3 is 0 Å². The molecule has 1 heterocycles. The second-order valence-electron chi connectivity index (χ2n) is 5.90. The maximum absolute atomic E-state index is 12.2. The highest BCUT2D eigenvalue weighted by atomic mass is 35.5. The number of rotatable bonds is 5. The van der Waals surface area contributed by atoms with E-state index in [-0.39, 0.29) is 5.91 Å². The summed E-state index contributed by atoms with van der Waals surface area (Å²) in [7, 11) is 0. The van der Waals surface area contributed by atoms with Crippen molar-refractivity contribution in [3.05, 3.63) is 65.2 Å². The number of carbonyl (C=O) groups is 1. The van der Waals surface area contributed by atoms with Gasteiger partial charge < -0.3 is 10.2 Å². The monoisotopic (exact) mass is 328 g/mol. The fraction of sp³-hybridized carbons (Fsp3) is 0.316. The normalized spacial score (nSPS) is 17.3. The van der Waals surface area contributed by atoms with Crippen molar-refractivity contribution < 1.29 is 4.79 Å². The molecule has 0 bridgehead atoms. The Hall–Kier alpha value is -2.00. The standard InChI is InChI=1S/C19H21ClN2O/c20-18-11-5-4-7-15(18)13-19(23)21-14-17-10-6-12-22(17)16-8-2-1-3-9-16/h1-5,7-9,11,17H,6,10,12-14H2,(H,21,23)/t17-/m1/s1. The van der Waals surface area contributed by atoms with E-state index in [1.807, 2.05) is 30.3 Å². The van der Waals surface area contributed by atoms with Crippen LogP contribution in [0.1, 0.15) is 18.4 Å². The van der Waals surface area contributed by atoms with E-state index in [9.17, 15) is 4.79 Å². The SMILES string of the molecule is O=C(Cc1ccccc1Cl)NC[C@H]1CCCN1c1ccccc1. The average molecular weight is 329 g/mol. The van der Waals surface area contributed by atoms with E-state index in [1.54, 1.807) is 0 Å². The first-order valence-corrected chi connectivity index (χ1v) is 8.43. The van der Waals surface area contributed by atoms with Crippen molar-refractivity contribution in [2.75, 3.05) is 18.0 Å². The van der Waals surface area contributed by atoms with Crippen LogP contribution in [0.25, 0.3) is 0 Å². The van der Waals surface area contributed by atoms with E-state index < -0.39 is 0 Å². The van der Waals surface area contributed by atoms with Gasteiger partial charge in [-0.1, -0.05) is 48.0 Å². The molecule has 1 atom stereocenters. The molecule has 3 rings (SSSR count). The highest BCUT2D eigenvalue weighted by Crippen LogP contribution is 2.24. The maximum Gasteiger partial charge on any atom is 0.224 e. The molecule has 2 aromatic carbocycles. The van der Waals surface area contributed by atoms with Crippen LogP contribution >= 0.6 is 11.6 Å². The summed E-state index contributed by atoms with van der Waals surface area (Å²) in [5.41, 5.74) is 2.10. The van der Waals surface area contributed by atoms with Crippen molar-refractivity contribution in [1.82, 2.24) is 5.32 Å². The summed E-state index contributed by atoms with van der Waals surface area (Å²) in [4.78, 5) is 14.6. The summed E-state index contributed by atoms with van der Waals surface area (Å²) in [6, 6.07) is 18.3. The molecule has 0 aliphatic carbocycles. The Kier molecular flexibility index (Phi) is 5.19. The van der Waals surface area contributed by atoms with E-state index >= 15 is 0 Å². The van der Waals surface area contributed by atoms with Gasteiger partial charge in [0.2, 0.25) is 5.91 Å². The molecule has 1 aliphatic heterocycles. The zero-order valence-electron chi connectivity index (χ0n) is 13.0. The summed E-state index contributed by atoms with van der Waals surface area (Å²) in [6.45, 7) is 1.73. The van der Waals surface area contributed by atoms with Crippen LogP contribution < -0.4 is 10.2 Å². The van der Waals surface area contributed by atoms with Crippen molar-refractivity contribution in [3.63, 3.8) is 0 Å². The fourth-order valence-electron chi connectivity index (χ4n) is 3.12. The van der Waals surface area contributed by atoms with Crippen LogP contribution in [0, 0.1) is 0 Å². The van der Waals surface area contributed by atoms with Crippen LogP contribution in [0.3, 0.4) is 0 Å². The molecule has 0 spiro atoms. The van der Waals surface area contributed by atoms with E-state index in [4.69, 9.17) is 11.6 Å². The molecule has 1 fully saturated rings. The van der Waals surface area contributed by atoms with E-state index in [2.05, 4.69) is 34.5 Å². The minimum Gasteiger partial charge on any atom is -0.367 e. The molecule has 120 valence electrons. The quantitative estimate of drug-likeness (QED) is 0.908. The van der Waals surface area contributed by atoms with Gasteiger partial charge in [-0.3, -0.25) is 4.79 Å². The predicted molar refractivity (Wildman–Crippen MR) is 95.0 cm³/mol. The third-order valence-corrected chi connectivity index (χ3v) is 4.68. The van der Waals surface area contributed by atoms with Gasteiger partial charge in [-0.2, -0.15) is 0 Å². The Balaban J connectivity index is 1.55. The average Bonchev–Trinajstić information content (AvgIpc) is 3.04. The number of carbonyl (C=O) groups excluding carboxylic acids is 1. The number of hydrogen-bond donors (Lipinski definition) is 1. The topological polar surface area (TPSA) is 32.3 Å². The van der Waals surface area contributed by atoms with E-state index in [1.165, 1.54) is 12.1 Å². The van der Waals surface area contributed by atoms with E-state index in [0.29, 0.717) is 24.0 Å². The van der Waals surface area contributed by atoms with Gasteiger partial charge in [-0.25, -0.2) is 0 Å². The lowest BCUT2D eigenvalue weighted by Gasteiger charge is -2.27. The number of benzene rings is 2. The van der Waals surface area contributed by atoms with Crippen LogP contribution in [0.2, 0.25) is 5.02 Å². The maximum atomic E-state index is 12.2. The lowest BCUT2D eigenvalue weighted by atomic mass is 10.1. The predicted octanol–water partition coefficient (Wildman–Crippen LogP) is 3.67. The molecule has 1 amide bonds. The molecule has 0 saturated carbocycles. The van der Waals surface area contributed by atoms with Crippen molar-refractivity contribution in [3.8, 4) is 0 Å². The molecule has 0 unspecified atom stereocenters. The molecule has 0 aromatic heterocycles. The van der Waals surface area contributed by atoms with Crippen LogP contribution in [-0.4, -0.2) is 25.0 Å². The lowest BCUT2D eigenvalue weighted by molar-refractivity contribution is -0.120. The lowest BCUT2D eigenvalue weighted by Crippen LogP contribution is -2.40. The molecular weight excluding hydrogens is 308 g/mol. The summed E-state index contributed by atoms with van der Waals surface area (Å²) in [6.07, 6.45) is 2.61. The van der Waals surface area contributed by atoms with Gasteiger partial charge in [-0.15, -0.1) is 0 Å². The highest BCUT2D eigenvalue weighted by Gasteiger charge is 2.24. The molecule has 4 heteroatoms.